The standard InChI is InChI=1S/C14H15N3O2/c1-15-10-2-6-12(7-3-10)19-13-14(18)17(9-8-16-13)11-4-5-11/h2-3,6-9,11,15H,4-5H2,1H3. The van der Waals surface area contributed by atoms with Crippen LogP contribution in [-0.2, 0) is 0 Å². The average Bonchev–Trinajstić information content (AvgIpc) is 3.26. The van der Waals surface area contributed by atoms with Crippen molar-refractivity contribution in [1.82, 2.24) is 9.55 Å². The number of nitrogens with zero attached hydrogens (tertiary/aromatic N) is 2. The van der Waals surface area contributed by atoms with Crippen LogP contribution < -0.4 is 15.6 Å². The van der Waals surface area contributed by atoms with Crippen molar-refractivity contribution in [3.05, 3.63) is 47.0 Å². The third kappa shape index (κ3) is 2.45. The summed E-state index contributed by atoms with van der Waals surface area (Å²) in [5.74, 6) is 0.740. The Balaban J connectivity index is 1.86. The van der Waals surface area contributed by atoms with Gasteiger partial charge in [-0.15, -0.1) is 0 Å². The molecular formula is C14H15N3O2. The van der Waals surface area contributed by atoms with Crippen LogP contribution in [0.15, 0.2) is 41.5 Å². The molecule has 0 saturated heterocycles. The Labute approximate surface area is 110 Å². The van der Waals surface area contributed by atoms with Gasteiger partial charge < -0.3 is 14.6 Å². The summed E-state index contributed by atoms with van der Waals surface area (Å²) in [6.45, 7) is 0. The maximum absolute atomic E-state index is 12.1. The Kier molecular flexibility index (Phi) is 2.95. The summed E-state index contributed by atoms with van der Waals surface area (Å²) in [7, 11) is 1.85. The fourth-order valence-electron chi connectivity index (χ4n) is 1.92. The molecule has 1 aliphatic carbocycles. The van der Waals surface area contributed by atoms with Gasteiger partial charge in [0.15, 0.2) is 0 Å². The van der Waals surface area contributed by atoms with Crippen molar-refractivity contribution >= 4 is 5.69 Å². The van der Waals surface area contributed by atoms with Gasteiger partial charge in [0.25, 0.3) is 5.88 Å². The molecule has 3 rings (SSSR count). The average molecular weight is 257 g/mol. The van der Waals surface area contributed by atoms with Crippen LogP contribution in [0.5, 0.6) is 11.6 Å². The van der Waals surface area contributed by atoms with Crippen LogP contribution in [0.3, 0.4) is 0 Å². The second-order valence-corrected chi connectivity index (χ2v) is 4.55. The van der Waals surface area contributed by atoms with Gasteiger partial charge in [-0.2, -0.15) is 0 Å². The number of anilines is 1. The molecule has 1 aromatic carbocycles. The lowest BCUT2D eigenvalue weighted by molar-refractivity contribution is 0.444. The molecule has 0 spiro atoms. The molecule has 0 atom stereocenters. The Hall–Kier alpha value is -2.30. The number of aromatic nitrogens is 2. The lowest BCUT2D eigenvalue weighted by atomic mass is 10.3. The highest BCUT2D eigenvalue weighted by molar-refractivity contribution is 5.46. The number of benzene rings is 1. The molecule has 1 N–H and O–H groups in total. The molecule has 2 aromatic rings. The summed E-state index contributed by atoms with van der Waals surface area (Å²) in [5, 5.41) is 3.02. The number of nitrogens with one attached hydrogen (secondary N) is 1. The van der Waals surface area contributed by atoms with Crippen molar-refractivity contribution < 1.29 is 4.74 Å². The predicted molar refractivity (Wildman–Crippen MR) is 72.8 cm³/mol. The molecular weight excluding hydrogens is 242 g/mol. The molecule has 0 amide bonds. The van der Waals surface area contributed by atoms with E-state index in [0.717, 1.165) is 18.5 Å². The first-order valence-corrected chi connectivity index (χ1v) is 6.31. The molecule has 1 heterocycles. The van der Waals surface area contributed by atoms with Gasteiger partial charge in [-0.25, -0.2) is 4.98 Å². The first-order chi connectivity index (χ1) is 9.28. The van der Waals surface area contributed by atoms with Crippen LogP contribution in [0.25, 0.3) is 0 Å². The molecule has 5 heteroatoms. The number of hydrogen-bond acceptors (Lipinski definition) is 4. The highest BCUT2D eigenvalue weighted by Crippen LogP contribution is 2.33. The highest BCUT2D eigenvalue weighted by Gasteiger charge is 2.25. The third-order valence-electron chi connectivity index (χ3n) is 3.13. The molecule has 19 heavy (non-hydrogen) atoms. The highest BCUT2D eigenvalue weighted by atomic mass is 16.5. The van der Waals surface area contributed by atoms with Crippen molar-refractivity contribution in [1.29, 1.82) is 0 Å². The van der Waals surface area contributed by atoms with Crippen molar-refractivity contribution in [2.75, 3.05) is 12.4 Å². The second kappa shape index (κ2) is 4.76. The van der Waals surface area contributed by atoms with Gasteiger partial charge in [-0.05, 0) is 37.1 Å². The Morgan fingerprint density at radius 3 is 2.68 bits per heavy atom. The van der Waals surface area contributed by atoms with Gasteiger partial charge in [0, 0.05) is 31.2 Å². The lowest BCUT2D eigenvalue weighted by Crippen LogP contribution is -2.20. The molecule has 1 saturated carbocycles. The van der Waals surface area contributed by atoms with Crippen LogP contribution in [0.4, 0.5) is 5.69 Å². The van der Waals surface area contributed by atoms with E-state index in [2.05, 4.69) is 10.3 Å². The van der Waals surface area contributed by atoms with E-state index >= 15 is 0 Å². The summed E-state index contributed by atoms with van der Waals surface area (Å²) in [6, 6.07) is 7.71. The molecule has 0 aliphatic heterocycles. The fourth-order valence-corrected chi connectivity index (χ4v) is 1.92. The van der Waals surface area contributed by atoms with E-state index in [4.69, 9.17) is 4.74 Å². The number of hydrogen-bond donors (Lipinski definition) is 1. The smallest absolute Gasteiger partial charge is 0.313 e. The summed E-state index contributed by atoms with van der Waals surface area (Å²) >= 11 is 0. The van der Waals surface area contributed by atoms with Crippen LogP contribution in [0, 0.1) is 0 Å². The van der Waals surface area contributed by atoms with Crippen LogP contribution in [-0.4, -0.2) is 16.6 Å². The molecule has 0 radical (unpaired) electrons. The van der Waals surface area contributed by atoms with Gasteiger partial charge in [0.2, 0.25) is 0 Å². The topological polar surface area (TPSA) is 56.1 Å². The number of rotatable bonds is 4. The van der Waals surface area contributed by atoms with Gasteiger partial charge in [-0.3, -0.25) is 4.79 Å². The maximum Gasteiger partial charge on any atom is 0.313 e. The Morgan fingerprint density at radius 2 is 2.05 bits per heavy atom. The largest absolute Gasteiger partial charge is 0.435 e. The van der Waals surface area contributed by atoms with Gasteiger partial charge in [0.1, 0.15) is 5.75 Å². The summed E-state index contributed by atoms with van der Waals surface area (Å²) in [5.41, 5.74) is 0.825. The normalized spacial score (nSPS) is 14.2. The summed E-state index contributed by atoms with van der Waals surface area (Å²) < 4.78 is 7.25. The first kappa shape index (κ1) is 11.8. The Bertz CT molecular complexity index is 630. The Morgan fingerprint density at radius 1 is 1.32 bits per heavy atom. The van der Waals surface area contributed by atoms with E-state index in [1.165, 1.54) is 0 Å². The molecule has 98 valence electrons. The molecule has 0 bridgehead atoms. The summed E-state index contributed by atoms with van der Waals surface area (Å²) in [4.78, 5) is 16.2. The second-order valence-electron chi connectivity index (χ2n) is 4.55. The minimum absolute atomic E-state index is 0.131. The van der Waals surface area contributed by atoms with Crippen LogP contribution in [0.1, 0.15) is 18.9 Å². The fraction of sp³-hybridized carbons (Fsp3) is 0.286. The van der Waals surface area contributed by atoms with E-state index in [-0.39, 0.29) is 11.4 Å². The third-order valence-corrected chi connectivity index (χ3v) is 3.13. The molecule has 5 nitrogen and oxygen atoms in total. The van der Waals surface area contributed by atoms with Crippen LogP contribution in [0.2, 0.25) is 0 Å². The molecule has 1 fully saturated rings. The molecule has 1 aliphatic rings. The predicted octanol–water partition coefficient (Wildman–Crippen LogP) is 2.41. The van der Waals surface area contributed by atoms with E-state index in [0.29, 0.717) is 11.8 Å². The van der Waals surface area contributed by atoms with Crippen molar-refractivity contribution in [3.63, 3.8) is 0 Å². The van der Waals surface area contributed by atoms with E-state index < -0.39 is 0 Å². The zero-order valence-corrected chi connectivity index (χ0v) is 10.7. The minimum Gasteiger partial charge on any atom is -0.435 e. The van der Waals surface area contributed by atoms with Gasteiger partial charge >= 0.3 is 5.56 Å². The zero-order chi connectivity index (χ0) is 13.2. The number of ether oxygens (including phenoxy) is 1. The quantitative estimate of drug-likeness (QED) is 0.913. The van der Waals surface area contributed by atoms with Crippen molar-refractivity contribution in [2.24, 2.45) is 0 Å². The van der Waals surface area contributed by atoms with Crippen molar-refractivity contribution in [3.8, 4) is 11.6 Å². The monoisotopic (exact) mass is 257 g/mol. The van der Waals surface area contributed by atoms with E-state index in [9.17, 15) is 4.79 Å². The van der Waals surface area contributed by atoms with E-state index in [1.807, 2.05) is 19.2 Å². The maximum atomic E-state index is 12.1. The van der Waals surface area contributed by atoms with Gasteiger partial charge in [-0.1, -0.05) is 0 Å². The molecule has 1 aromatic heterocycles. The van der Waals surface area contributed by atoms with Gasteiger partial charge in [0.05, 0.1) is 0 Å². The first-order valence-electron chi connectivity index (χ1n) is 6.31. The lowest BCUT2D eigenvalue weighted by Gasteiger charge is -2.07. The SMILES string of the molecule is CNc1ccc(Oc2nccn(C3CC3)c2=O)cc1. The van der Waals surface area contributed by atoms with E-state index in [1.54, 1.807) is 29.1 Å². The summed E-state index contributed by atoms with van der Waals surface area (Å²) in [6.07, 6.45) is 5.44. The minimum atomic E-state index is -0.164. The van der Waals surface area contributed by atoms with Crippen LogP contribution >= 0.6 is 0 Å². The molecule has 0 unspecified atom stereocenters. The zero-order valence-electron chi connectivity index (χ0n) is 10.7. The van der Waals surface area contributed by atoms with Crippen molar-refractivity contribution in [2.45, 2.75) is 18.9 Å².